The van der Waals surface area contributed by atoms with Crippen LogP contribution in [0.15, 0.2) is 18.2 Å². The zero-order valence-electron chi connectivity index (χ0n) is 7.83. The van der Waals surface area contributed by atoms with Crippen LogP contribution in [0, 0.1) is 6.92 Å². The van der Waals surface area contributed by atoms with Crippen molar-refractivity contribution in [2.75, 3.05) is 0 Å². The Morgan fingerprint density at radius 3 is 2.47 bits per heavy atom. The van der Waals surface area contributed by atoms with E-state index in [-0.39, 0.29) is 0 Å². The van der Waals surface area contributed by atoms with E-state index >= 15 is 0 Å². The third kappa shape index (κ3) is 2.37. The van der Waals surface area contributed by atoms with Crippen molar-refractivity contribution in [3.05, 3.63) is 42.2 Å². The standard InChI is InChI=1S/C10H8Cl2OS2/c1-5-2-3-7(14-5)9(13)6-4-8(11)15-10(6)12/h2-4,9,13H,1H3. The lowest BCUT2D eigenvalue weighted by Crippen LogP contribution is -1.94. The SMILES string of the molecule is Cc1ccc(C(O)c2cc(Cl)sc2Cl)s1. The Morgan fingerprint density at radius 1 is 1.27 bits per heavy atom. The van der Waals surface area contributed by atoms with Gasteiger partial charge in [-0.1, -0.05) is 23.2 Å². The fourth-order valence-corrected chi connectivity index (χ4v) is 3.70. The molecule has 0 saturated carbocycles. The Hall–Kier alpha value is -0.0600. The van der Waals surface area contributed by atoms with E-state index in [4.69, 9.17) is 23.2 Å². The molecule has 1 unspecified atom stereocenters. The molecule has 2 heterocycles. The molecule has 15 heavy (non-hydrogen) atoms. The van der Waals surface area contributed by atoms with Gasteiger partial charge in [-0.15, -0.1) is 22.7 Å². The molecule has 0 spiro atoms. The highest BCUT2D eigenvalue weighted by molar-refractivity contribution is 7.20. The number of rotatable bonds is 2. The second-order valence-corrected chi connectivity index (χ2v) is 6.74. The van der Waals surface area contributed by atoms with Crippen molar-refractivity contribution in [2.24, 2.45) is 0 Å². The third-order valence-corrected chi connectivity index (χ3v) is 4.58. The molecular formula is C10H8Cl2OS2. The van der Waals surface area contributed by atoms with Gasteiger partial charge < -0.3 is 5.11 Å². The summed E-state index contributed by atoms with van der Waals surface area (Å²) in [5.74, 6) is 0. The minimum atomic E-state index is -0.667. The van der Waals surface area contributed by atoms with E-state index in [0.717, 1.165) is 4.88 Å². The smallest absolute Gasteiger partial charge is 0.116 e. The molecule has 0 aliphatic rings. The predicted molar refractivity (Wildman–Crippen MR) is 67.5 cm³/mol. The molecule has 2 rings (SSSR count). The van der Waals surface area contributed by atoms with Crippen LogP contribution in [0.4, 0.5) is 0 Å². The highest BCUT2D eigenvalue weighted by atomic mass is 35.5. The zero-order valence-corrected chi connectivity index (χ0v) is 11.0. The largest absolute Gasteiger partial charge is 0.383 e. The first kappa shape index (κ1) is 11.4. The number of thiophene rings is 2. The third-order valence-electron chi connectivity index (χ3n) is 2.01. The van der Waals surface area contributed by atoms with Crippen molar-refractivity contribution < 1.29 is 5.11 Å². The van der Waals surface area contributed by atoms with Gasteiger partial charge in [-0.2, -0.15) is 0 Å². The lowest BCUT2D eigenvalue weighted by Gasteiger charge is -2.06. The van der Waals surface area contributed by atoms with Crippen molar-refractivity contribution in [2.45, 2.75) is 13.0 Å². The van der Waals surface area contributed by atoms with Crippen LogP contribution in [0.25, 0.3) is 0 Å². The van der Waals surface area contributed by atoms with Crippen LogP contribution < -0.4 is 0 Å². The maximum atomic E-state index is 10.1. The minimum absolute atomic E-state index is 0.554. The van der Waals surface area contributed by atoms with Gasteiger partial charge in [0, 0.05) is 15.3 Å². The highest BCUT2D eigenvalue weighted by Gasteiger charge is 2.18. The fourth-order valence-electron chi connectivity index (χ4n) is 1.29. The summed E-state index contributed by atoms with van der Waals surface area (Å²) in [6, 6.07) is 5.60. The van der Waals surface area contributed by atoms with E-state index in [1.54, 1.807) is 17.4 Å². The molecule has 1 nitrogen and oxygen atoms in total. The van der Waals surface area contributed by atoms with E-state index in [9.17, 15) is 5.11 Å². The van der Waals surface area contributed by atoms with Crippen LogP contribution in [0.3, 0.4) is 0 Å². The van der Waals surface area contributed by atoms with Crippen LogP contribution in [-0.4, -0.2) is 5.11 Å². The van der Waals surface area contributed by atoms with Gasteiger partial charge in [0.2, 0.25) is 0 Å². The molecule has 2 aromatic heterocycles. The molecule has 0 bridgehead atoms. The van der Waals surface area contributed by atoms with Crippen molar-refractivity contribution in [1.29, 1.82) is 0 Å². The van der Waals surface area contributed by atoms with Crippen molar-refractivity contribution >= 4 is 45.9 Å². The number of hydrogen-bond acceptors (Lipinski definition) is 3. The Bertz CT molecular complexity index is 475. The number of aryl methyl sites for hydroxylation is 1. The minimum Gasteiger partial charge on any atom is -0.383 e. The fraction of sp³-hybridized carbons (Fsp3) is 0.200. The van der Waals surface area contributed by atoms with Gasteiger partial charge in [-0.05, 0) is 25.1 Å². The number of halogens is 2. The Labute approximate surface area is 106 Å². The normalized spacial score (nSPS) is 13.1. The molecule has 0 amide bonds. The number of aliphatic hydroxyl groups excluding tert-OH is 1. The summed E-state index contributed by atoms with van der Waals surface area (Å²) in [6.07, 6.45) is -0.667. The van der Waals surface area contributed by atoms with Crippen LogP contribution in [0.1, 0.15) is 21.4 Å². The monoisotopic (exact) mass is 278 g/mol. The second kappa shape index (κ2) is 4.44. The summed E-state index contributed by atoms with van der Waals surface area (Å²) in [6.45, 7) is 2.00. The predicted octanol–water partition coefficient (Wildman–Crippen LogP) is 4.51. The summed E-state index contributed by atoms with van der Waals surface area (Å²) in [4.78, 5) is 2.06. The first-order chi connectivity index (χ1) is 7.08. The summed E-state index contributed by atoms with van der Waals surface area (Å²) in [7, 11) is 0. The lowest BCUT2D eigenvalue weighted by molar-refractivity contribution is 0.225. The topological polar surface area (TPSA) is 20.2 Å². The van der Waals surface area contributed by atoms with Gasteiger partial charge >= 0.3 is 0 Å². The van der Waals surface area contributed by atoms with Gasteiger partial charge in [0.05, 0.1) is 4.34 Å². The highest BCUT2D eigenvalue weighted by Crippen LogP contribution is 2.38. The molecule has 1 atom stereocenters. The maximum absolute atomic E-state index is 10.1. The van der Waals surface area contributed by atoms with Crippen LogP contribution in [0.2, 0.25) is 8.67 Å². The number of aliphatic hydroxyl groups is 1. The lowest BCUT2D eigenvalue weighted by atomic mass is 10.2. The van der Waals surface area contributed by atoms with Crippen LogP contribution in [-0.2, 0) is 0 Å². The van der Waals surface area contributed by atoms with Gasteiger partial charge in [0.25, 0.3) is 0 Å². The van der Waals surface area contributed by atoms with Crippen molar-refractivity contribution in [3.8, 4) is 0 Å². The van der Waals surface area contributed by atoms with Crippen molar-refractivity contribution in [1.82, 2.24) is 0 Å². The molecule has 2 aromatic rings. The summed E-state index contributed by atoms with van der Waals surface area (Å²) < 4.78 is 1.15. The summed E-state index contributed by atoms with van der Waals surface area (Å²) >= 11 is 14.6. The second-order valence-electron chi connectivity index (χ2n) is 3.13. The van der Waals surface area contributed by atoms with Crippen molar-refractivity contribution in [3.63, 3.8) is 0 Å². The molecule has 0 aliphatic carbocycles. The molecule has 5 heteroatoms. The van der Waals surface area contributed by atoms with Gasteiger partial charge in [-0.25, -0.2) is 0 Å². The van der Waals surface area contributed by atoms with Gasteiger partial charge in [0.15, 0.2) is 0 Å². The Morgan fingerprint density at radius 2 is 2.00 bits per heavy atom. The summed E-state index contributed by atoms with van der Waals surface area (Å²) in [5, 5.41) is 10.1. The average Bonchev–Trinajstić information content (AvgIpc) is 2.71. The molecular weight excluding hydrogens is 271 g/mol. The quantitative estimate of drug-likeness (QED) is 0.857. The molecule has 0 aromatic carbocycles. The Balaban J connectivity index is 2.35. The zero-order chi connectivity index (χ0) is 11.0. The molecule has 80 valence electrons. The Kier molecular flexibility index (Phi) is 3.38. The van der Waals surface area contributed by atoms with Crippen LogP contribution in [0.5, 0.6) is 0 Å². The molecule has 0 saturated heterocycles. The average molecular weight is 279 g/mol. The molecule has 0 fully saturated rings. The van der Waals surface area contributed by atoms with Gasteiger partial charge in [-0.3, -0.25) is 0 Å². The molecule has 1 N–H and O–H groups in total. The number of hydrogen-bond donors (Lipinski definition) is 1. The molecule has 0 radical (unpaired) electrons. The molecule has 0 aliphatic heterocycles. The van der Waals surface area contributed by atoms with E-state index in [2.05, 4.69) is 0 Å². The van der Waals surface area contributed by atoms with E-state index < -0.39 is 6.10 Å². The maximum Gasteiger partial charge on any atom is 0.116 e. The van der Waals surface area contributed by atoms with Gasteiger partial charge in [0.1, 0.15) is 10.4 Å². The van der Waals surface area contributed by atoms with E-state index in [0.29, 0.717) is 14.2 Å². The first-order valence-corrected chi connectivity index (χ1v) is 6.66. The van der Waals surface area contributed by atoms with E-state index in [1.807, 2.05) is 19.1 Å². The van der Waals surface area contributed by atoms with E-state index in [1.165, 1.54) is 16.2 Å². The van der Waals surface area contributed by atoms with Crippen LogP contribution >= 0.6 is 45.9 Å². The summed E-state index contributed by atoms with van der Waals surface area (Å²) in [5.41, 5.74) is 0.688. The first-order valence-electron chi connectivity index (χ1n) is 4.27.